The molecule has 2 rings (SSSR count). The van der Waals surface area contributed by atoms with Crippen molar-refractivity contribution in [1.29, 1.82) is 0 Å². The van der Waals surface area contributed by atoms with E-state index in [0.29, 0.717) is 5.56 Å². The smallest absolute Gasteiger partial charge is 0.251 e. The zero-order valence-corrected chi connectivity index (χ0v) is 13.0. The van der Waals surface area contributed by atoms with Crippen molar-refractivity contribution in [2.45, 2.75) is 46.1 Å². The predicted octanol–water partition coefficient (Wildman–Crippen LogP) is 2.65. The third-order valence-electron chi connectivity index (χ3n) is 4.44. The molecule has 1 fully saturated rings. The highest BCUT2D eigenvalue weighted by molar-refractivity contribution is 5.96. The van der Waals surface area contributed by atoms with Gasteiger partial charge in [-0.15, -0.1) is 0 Å². The predicted molar refractivity (Wildman–Crippen MR) is 84.0 cm³/mol. The molecular formula is C18H23NO2. The minimum atomic E-state index is -0.174. The van der Waals surface area contributed by atoms with E-state index in [9.17, 15) is 4.79 Å². The van der Waals surface area contributed by atoms with E-state index in [1.165, 1.54) is 6.42 Å². The van der Waals surface area contributed by atoms with E-state index in [1.54, 1.807) is 0 Å². The highest BCUT2D eigenvalue weighted by Gasteiger charge is 2.35. The molecule has 1 amide bonds. The molecule has 1 aliphatic carbocycles. The molecule has 112 valence electrons. The number of amides is 1. The lowest BCUT2D eigenvalue weighted by atomic mass is 9.87. The maximum atomic E-state index is 12.5. The van der Waals surface area contributed by atoms with E-state index in [-0.39, 0.29) is 24.0 Å². The summed E-state index contributed by atoms with van der Waals surface area (Å²) in [6.45, 7) is 6.14. The number of hydrogen-bond acceptors (Lipinski definition) is 2. The van der Waals surface area contributed by atoms with Crippen LogP contribution in [0.3, 0.4) is 0 Å². The molecule has 21 heavy (non-hydrogen) atoms. The minimum absolute atomic E-state index is 0.0277. The Morgan fingerprint density at radius 3 is 2.86 bits per heavy atom. The molecule has 1 aromatic rings. The molecule has 3 nitrogen and oxygen atoms in total. The molecule has 1 atom stereocenters. The van der Waals surface area contributed by atoms with Gasteiger partial charge in [0.2, 0.25) is 0 Å². The molecule has 0 aromatic heterocycles. The van der Waals surface area contributed by atoms with Crippen LogP contribution < -0.4 is 5.32 Å². The first-order valence-corrected chi connectivity index (χ1v) is 7.46. The van der Waals surface area contributed by atoms with E-state index >= 15 is 0 Å². The number of rotatable bonds is 2. The molecule has 0 saturated heterocycles. The fourth-order valence-corrected chi connectivity index (χ4v) is 2.98. The molecule has 1 unspecified atom stereocenters. The zero-order chi connectivity index (χ0) is 15.5. The van der Waals surface area contributed by atoms with Crippen LogP contribution in [0.15, 0.2) is 18.2 Å². The minimum Gasteiger partial charge on any atom is -0.384 e. The van der Waals surface area contributed by atoms with Crippen molar-refractivity contribution in [2.24, 2.45) is 5.41 Å². The van der Waals surface area contributed by atoms with Gasteiger partial charge >= 0.3 is 0 Å². The largest absolute Gasteiger partial charge is 0.384 e. The summed E-state index contributed by atoms with van der Waals surface area (Å²) < 4.78 is 0. The van der Waals surface area contributed by atoms with E-state index < -0.39 is 0 Å². The SMILES string of the molecule is Cc1c(C#CCO)cccc1C(=O)NC1CCCC1(C)C. The quantitative estimate of drug-likeness (QED) is 0.821. The van der Waals surface area contributed by atoms with Crippen LogP contribution in [0.2, 0.25) is 0 Å². The van der Waals surface area contributed by atoms with Crippen molar-refractivity contribution in [3.8, 4) is 11.8 Å². The second kappa shape index (κ2) is 6.32. The van der Waals surface area contributed by atoms with Gasteiger partial charge < -0.3 is 10.4 Å². The normalized spacial score (nSPS) is 19.7. The number of nitrogens with one attached hydrogen (secondary N) is 1. The molecular weight excluding hydrogens is 262 g/mol. The van der Waals surface area contributed by atoms with E-state index in [2.05, 4.69) is 31.0 Å². The summed E-state index contributed by atoms with van der Waals surface area (Å²) >= 11 is 0. The Morgan fingerprint density at radius 2 is 2.24 bits per heavy atom. The Bertz CT molecular complexity index is 593. The molecule has 0 radical (unpaired) electrons. The van der Waals surface area contributed by atoms with Gasteiger partial charge in [-0.05, 0) is 42.9 Å². The first-order valence-electron chi connectivity index (χ1n) is 7.46. The number of benzene rings is 1. The van der Waals surface area contributed by atoms with Gasteiger partial charge in [-0.2, -0.15) is 0 Å². The third-order valence-corrected chi connectivity index (χ3v) is 4.44. The fourth-order valence-electron chi connectivity index (χ4n) is 2.98. The Morgan fingerprint density at radius 1 is 1.48 bits per heavy atom. The maximum Gasteiger partial charge on any atom is 0.251 e. The summed E-state index contributed by atoms with van der Waals surface area (Å²) in [5.41, 5.74) is 2.49. The number of aliphatic hydroxyl groups is 1. The molecule has 3 heteroatoms. The van der Waals surface area contributed by atoms with Crippen molar-refractivity contribution in [3.63, 3.8) is 0 Å². The first-order chi connectivity index (χ1) is 9.95. The van der Waals surface area contributed by atoms with Crippen molar-refractivity contribution in [3.05, 3.63) is 34.9 Å². The van der Waals surface area contributed by atoms with Crippen molar-refractivity contribution >= 4 is 5.91 Å². The standard InChI is InChI=1S/C18H23NO2/c1-13-14(8-6-12-20)7-4-9-15(13)17(21)19-16-10-5-11-18(16,2)3/h4,7,9,16,20H,5,10-12H2,1-3H3,(H,19,21). The van der Waals surface area contributed by atoms with Gasteiger partial charge in [0.05, 0.1) is 0 Å². The summed E-state index contributed by atoms with van der Waals surface area (Å²) in [7, 11) is 0. The van der Waals surface area contributed by atoms with Crippen LogP contribution in [0.1, 0.15) is 54.6 Å². The topological polar surface area (TPSA) is 49.3 Å². The molecule has 1 saturated carbocycles. The Labute approximate surface area is 126 Å². The average Bonchev–Trinajstić information content (AvgIpc) is 2.76. The van der Waals surface area contributed by atoms with Gasteiger partial charge in [-0.25, -0.2) is 0 Å². The van der Waals surface area contributed by atoms with Gasteiger partial charge in [-0.3, -0.25) is 4.79 Å². The highest BCUT2D eigenvalue weighted by Crippen LogP contribution is 2.37. The second-order valence-corrected chi connectivity index (χ2v) is 6.34. The van der Waals surface area contributed by atoms with Gasteiger partial charge in [0, 0.05) is 17.2 Å². The molecule has 0 bridgehead atoms. The van der Waals surface area contributed by atoms with Gasteiger partial charge in [0.15, 0.2) is 0 Å². The molecule has 2 N–H and O–H groups in total. The number of hydrogen-bond donors (Lipinski definition) is 2. The molecule has 1 aliphatic rings. The summed E-state index contributed by atoms with van der Waals surface area (Å²) in [6.07, 6.45) is 3.36. The van der Waals surface area contributed by atoms with E-state index in [4.69, 9.17) is 5.11 Å². The van der Waals surface area contributed by atoms with Crippen LogP contribution in [0.4, 0.5) is 0 Å². The number of carbonyl (C=O) groups excluding carboxylic acids is 1. The number of aliphatic hydroxyl groups excluding tert-OH is 1. The van der Waals surface area contributed by atoms with Crippen molar-refractivity contribution in [1.82, 2.24) is 5.32 Å². The summed E-state index contributed by atoms with van der Waals surface area (Å²) in [4.78, 5) is 12.5. The fraction of sp³-hybridized carbons (Fsp3) is 0.500. The monoisotopic (exact) mass is 285 g/mol. The Balaban J connectivity index is 2.20. The van der Waals surface area contributed by atoms with Crippen molar-refractivity contribution < 1.29 is 9.90 Å². The zero-order valence-electron chi connectivity index (χ0n) is 13.0. The van der Waals surface area contributed by atoms with Crippen LogP contribution in [0, 0.1) is 24.2 Å². The van der Waals surface area contributed by atoms with Gasteiger partial charge in [0.1, 0.15) is 6.61 Å². The Kier molecular flexibility index (Phi) is 4.69. The van der Waals surface area contributed by atoms with E-state index in [0.717, 1.165) is 24.0 Å². The lowest BCUT2D eigenvalue weighted by Crippen LogP contribution is -2.41. The highest BCUT2D eigenvalue weighted by atomic mass is 16.2. The molecule has 0 heterocycles. The van der Waals surface area contributed by atoms with Crippen LogP contribution in [-0.2, 0) is 0 Å². The van der Waals surface area contributed by atoms with Crippen LogP contribution in [0.5, 0.6) is 0 Å². The average molecular weight is 285 g/mol. The second-order valence-electron chi connectivity index (χ2n) is 6.34. The molecule has 0 spiro atoms. The molecule has 1 aromatic carbocycles. The summed E-state index contributed by atoms with van der Waals surface area (Å²) in [5.74, 6) is 5.49. The van der Waals surface area contributed by atoms with Crippen LogP contribution in [0.25, 0.3) is 0 Å². The lowest BCUT2D eigenvalue weighted by Gasteiger charge is -2.28. The van der Waals surface area contributed by atoms with E-state index in [1.807, 2.05) is 25.1 Å². The van der Waals surface area contributed by atoms with Crippen molar-refractivity contribution in [2.75, 3.05) is 6.61 Å². The van der Waals surface area contributed by atoms with Crippen LogP contribution >= 0.6 is 0 Å². The van der Waals surface area contributed by atoms with Gasteiger partial charge in [-0.1, -0.05) is 38.2 Å². The van der Waals surface area contributed by atoms with Gasteiger partial charge in [0.25, 0.3) is 5.91 Å². The third kappa shape index (κ3) is 3.46. The summed E-state index contributed by atoms with van der Waals surface area (Å²) in [6, 6.07) is 5.77. The Hall–Kier alpha value is -1.79. The molecule has 0 aliphatic heterocycles. The first kappa shape index (κ1) is 15.6. The lowest BCUT2D eigenvalue weighted by molar-refractivity contribution is 0.0909. The maximum absolute atomic E-state index is 12.5. The van der Waals surface area contributed by atoms with Crippen LogP contribution in [-0.4, -0.2) is 23.7 Å². The number of carbonyl (C=O) groups is 1. The summed E-state index contributed by atoms with van der Waals surface area (Å²) in [5, 5.41) is 12.0.